The maximum absolute atomic E-state index is 11.8. The molecule has 7 nitrogen and oxygen atoms in total. The maximum atomic E-state index is 11.8. The Morgan fingerprint density at radius 1 is 1.10 bits per heavy atom. The summed E-state index contributed by atoms with van der Waals surface area (Å²) >= 11 is 1.16. The van der Waals surface area contributed by atoms with Crippen molar-refractivity contribution in [1.29, 1.82) is 0 Å². The fourth-order valence-electron chi connectivity index (χ4n) is 1.42. The van der Waals surface area contributed by atoms with E-state index >= 15 is 0 Å². The Labute approximate surface area is 120 Å². The Bertz CT molecular complexity index is 596. The zero-order valence-electron chi connectivity index (χ0n) is 10.5. The Morgan fingerprint density at radius 3 is 2.30 bits per heavy atom. The first-order chi connectivity index (χ1) is 9.52. The number of carbonyl (C=O) groups excluding carboxylic acids is 1. The molecule has 0 aliphatic rings. The first kappa shape index (κ1) is 13.9. The van der Waals surface area contributed by atoms with Gasteiger partial charge < -0.3 is 22.5 Å². The molecular weight excluding hydrogens is 276 g/mol. The number of nitrogen functional groups attached to an aromatic ring is 3. The molecule has 2 rings (SSSR count). The van der Waals surface area contributed by atoms with Gasteiger partial charge in [0.2, 0.25) is 5.91 Å². The number of nitrogens with one attached hydrogen (secondary N) is 1. The molecule has 0 atom stereocenters. The zero-order chi connectivity index (χ0) is 14.5. The number of benzene rings is 1. The van der Waals surface area contributed by atoms with Gasteiger partial charge in [-0.1, -0.05) is 11.8 Å². The lowest BCUT2D eigenvalue weighted by Gasteiger charge is -2.05. The highest BCUT2D eigenvalue weighted by Gasteiger charge is 2.07. The van der Waals surface area contributed by atoms with Crippen molar-refractivity contribution in [3.63, 3.8) is 0 Å². The summed E-state index contributed by atoms with van der Waals surface area (Å²) in [5.74, 6) is 0.537. The van der Waals surface area contributed by atoms with Crippen molar-refractivity contribution in [3.05, 3.63) is 30.3 Å². The van der Waals surface area contributed by atoms with Crippen LogP contribution >= 0.6 is 11.8 Å². The molecule has 104 valence electrons. The second-order valence-electron chi connectivity index (χ2n) is 3.96. The maximum Gasteiger partial charge on any atom is 0.234 e. The van der Waals surface area contributed by atoms with Crippen molar-refractivity contribution in [2.75, 3.05) is 28.3 Å². The van der Waals surface area contributed by atoms with Crippen molar-refractivity contribution in [2.45, 2.75) is 5.16 Å². The smallest absolute Gasteiger partial charge is 0.234 e. The van der Waals surface area contributed by atoms with Gasteiger partial charge in [0.25, 0.3) is 0 Å². The molecule has 0 unspecified atom stereocenters. The molecule has 8 heteroatoms. The van der Waals surface area contributed by atoms with Crippen LogP contribution in [0.5, 0.6) is 0 Å². The molecule has 0 saturated heterocycles. The Morgan fingerprint density at radius 2 is 1.70 bits per heavy atom. The van der Waals surface area contributed by atoms with Gasteiger partial charge in [0.05, 0.1) is 5.75 Å². The SMILES string of the molecule is Nc1ccc(NC(=O)CSc2nc(N)cc(N)n2)cc1. The van der Waals surface area contributed by atoms with Gasteiger partial charge in [0.15, 0.2) is 5.16 Å². The van der Waals surface area contributed by atoms with Crippen molar-refractivity contribution >= 4 is 40.7 Å². The lowest BCUT2D eigenvalue weighted by Crippen LogP contribution is -2.14. The van der Waals surface area contributed by atoms with E-state index in [1.807, 2.05) is 0 Å². The molecule has 0 fully saturated rings. The summed E-state index contributed by atoms with van der Waals surface area (Å²) in [6, 6.07) is 8.34. The number of hydrogen-bond acceptors (Lipinski definition) is 7. The van der Waals surface area contributed by atoms with Crippen LogP contribution in [0.2, 0.25) is 0 Å². The molecule has 20 heavy (non-hydrogen) atoms. The first-order valence-electron chi connectivity index (χ1n) is 5.71. The van der Waals surface area contributed by atoms with Crippen LogP contribution in [0.4, 0.5) is 23.0 Å². The molecule has 0 radical (unpaired) electrons. The molecular formula is C12H14N6OS. The van der Waals surface area contributed by atoms with E-state index in [1.165, 1.54) is 6.07 Å². The van der Waals surface area contributed by atoms with Gasteiger partial charge in [-0.2, -0.15) is 0 Å². The molecule has 1 aromatic heterocycles. The Balaban J connectivity index is 1.90. The van der Waals surface area contributed by atoms with Crippen LogP contribution in [0.1, 0.15) is 0 Å². The van der Waals surface area contributed by atoms with Crippen molar-refractivity contribution < 1.29 is 4.79 Å². The van der Waals surface area contributed by atoms with Crippen molar-refractivity contribution in [3.8, 4) is 0 Å². The first-order valence-corrected chi connectivity index (χ1v) is 6.70. The molecule has 2 aromatic rings. The lowest BCUT2D eigenvalue weighted by atomic mass is 10.3. The quantitative estimate of drug-likeness (QED) is 0.374. The third kappa shape index (κ3) is 4.02. The standard InChI is InChI=1S/C12H14N6OS/c13-7-1-3-8(4-2-7)16-11(19)6-20-12-17-9(14)5-10(15)18-12/h1-5H,6,13H2,(H,16,19)(H4,14,15,17,18). The molecule has 1 amide bonds. The van der Waals surface area contributed by atoms with Gasteiger partial charge in [0, 0.05) is 17.4 Å². The second kappa shape index (κ2) is 6.11. The van der Waals surface area contributed by atoms with Crippen LogP contribution in [0.3, 0.4) is 0 Å². The van der Waals surface area contributed by atoms with E-state index in [-0.39, 0.29) is 23.3 Å². The predicted octanol–water partition coefficient (Wildman–Crippen LogP) is 0.954. The van der Waals surface area contributed by atoms with E-state index in [9.17, 15) is 4.79 Å². The van der Waals surface area contributed by atoms with E-state index in [0.717, 1.165) is 11.8 Å². The molecule has 1 aromatic carbocycles. The molecule has 0 saturated carbocycles. The molecule has 0 aliphatic carbocycles. The number of nitrogens with two attached hydrogens (primary N) is 3. The average Bonchev–Trinajstić information content (AvgIpc) is 2.38. The summed E-state index contributed by atoms with van der Waals surface area (Å²) in [4.78, 5) is 19.7. The summed E-state index contributed by atoms with van der Waals surface area (Å²) in [5.41, 5.74) is 18.0. The highest BCUT2D eigenvalue weighted by molar-refractivity contribution is 7.99. The summed E-state index contributed by atoms with van der Waals surface area (Å²) in [5, 5.41) is 3.11. The minimum atomic E-state index is -0.177. The molecule has 0 spiro atoms. The number of amides is 1. The van der Waals surface area contributed by atoms with Gasteiger partial charge in [-0.3, -0.25) is 4.79 Å². The third-order valence-corrected chi connectivity index (χ3v) is 3.12. The number of anilines is 4. The fourth-order valence-corrected chi connectivity index (χ4v) is 2.09. The van der Waals surface area contributed by atoms with E-state index in [2.05, 4.69) is 15.3 Å². The van der Waals surface area contributed by atoms with E-state index < -0.39 is 0 Å². The van der Waals surface area contributed by atoms with E-state index in [4.69, 9.17) is 17.2 Å². The second-order valence-corrected chi connectivity index (χ2v) is 4.90. The summed E-state index contributed by atoms with van der Waals surface area (Å²) in [6.07, 6.45) is 0. The Hall–Kier alpha value is -2.48. The minimum absolute atomic E-state index is 0.160. The van der Waals surface area contributed by atoms with Gasteiger partial charge in [0.1, 0.15) is 11.6 Å². The van der Waals surface area contributed by atoms with Gasteiger partial charge in [-0.05, 0) is 24.3 Å². The summed E-state index contributed by atoms with van der Waals surface area (Å²) < 4.78 is 0. The summed E-state index contributed by atoms with van der Waals surface area (Å²) in [7, 11) is 0. The number of carbonyl (C=O) groups is 1. The van der Waals surface area contributed by atoms with Gasteiger partial charge in [-0.15, -0.1) is 0 Å². The Kier molecular flexibility index (Phi) is 4.26. The molecule has 0 bridgehead atoms. The van der Waals surface area contributed by atoms with Crippen molar-refractivity contribution in [2.24, 2.45) is 0 Å². The predicted molar refractivity (Wildman–Crippen MR) is 81.1 cm³/mol. The van der Waals surface area contributed by atoms with Crippen LogP contribution in [-0.2, 0) is 4.79 Å². The van der Waals surface area contributed by atoms with Crippen LogP contribution in [0.15, 0.2) is 35.5 Å². The van der Waals surface area contributed by atoms with Gasteiger partial charge in [-0.25, -0.2) is 9.97 Å². The molecule has 0 aliphatic heterocycles. The van der Waals surface area contributed by atoms with Crippen LogP contribution in [0, 0.1) is 0 Å². The fraction of sp³-hybridized carbons (Fsp3) is 0.0833. The zero-order valence-corrected chi connectivity index (χ0v) is 11.4. The summed E-state index contributed by atoms with van der Waals surface area (Å²) in [6.45, 7) is 0. The van der Waals surface area contributed by atoms with Crippen LogP contribution in [-0.4, -0.2) is 21.6 Å². The lowest BCUT2D eigenvalue weighted by molar-refractivity contribution is -0.113. The van der Waals surface area contributed by atoms with E-state index in [0.29, 0.717) is 16.5 Å². The molecule has 1 heterocycles. The number of thioether (sulfide) groups is 1. The van der Waals surface area contributed by atoms with E-state index in [1.54, 1.807) is 24.3 Å². The normalized spacial score (nSPS) is 10.2. The highest BCUT2D eigenvalue weighted by Crippen LogP contribution is 2.17. The average molecular weight is 290 g/mol. The van der Waals surface area contributed by atoms with Crippen molar-refractivity contribution in [1.82, 2.24) is 9.97 Å². The largest absolute Gasteiger partial charge is 0.399 e. The minimum Gasteiger partial charge on any atom is -0.399 e. The monoisotopic (exact) mass is 290 g/mol. The third-order valence-electron chi connectivity index (χ3n) is 2.27. The van der Waals surface area contributed by atoms with Gasteiger partial charge >= 0.3 is 0 Å². The van der Waals surface area contributed by atoms with Crippen LogP contribution < -0.4 is 22.5 Å². The topological polar surface area (TPSA) is 133 Å². The molecule has 7 N–H and O–H groups in total. The highest BCUT2D eigenvalue weighted by atomic mass is 32.2. The van der Waals surface area contributed by atoms with Crippen LogP contribution in [0.25, 0.3) is 0 Å². The number of nitrogens with zero attached hydrogens (tertiary/aromatic N) is 2. The number of hydrogen-bond donors (Lipinski definition) is 4. The number of rotatable bonds is 4. The number of aromatic nitrogens is 2.